The number of hydrogen-bond acceptors (Lipinski definition) is 4. The Labute approximate surface area is 144 Å². The average Bonchev–Trinajstić information content (AvgIpc) is 3.24. The van der Waals surface area contributed by atoms with E-state index in [-0.39, 0.29) is 24.2 Å². The molecule has 1 aromatic carbocycles. The first-order chi connectivity index (χ1) is 12.2. The van der Waals surface area contributed by atoms with E-state index in [1.54, 1.807) is 11.1 Å². The van der Waals surface area contributed by atoms with Gasteiger partial charge in [-0.1, -0.05) is 18.2 Å². The number of pyridine rings is 1. The second kappa shape index (κ2) is 6.35. The maximum absolute atomic E-state index is 12.4. The van der Waals surface area contributed by atoms with Crippen molar-refractivity contribution in [1.29, 1.82) is 0 Å². The van der Waals surface area contributed by atoms with Gasteiger partial charge in [0.2, 0.25) is 11.8 Å². The van der Waals surface area contributed by atoms with Crippen molar-refractivity contribution in [3.63, 3.8) is 0 Å². The van der Waals surface area contributed by atoms with Crippen LogP contribution in [0, 0.1) is 5.92 Å². The third kappa shape index (κ3) is 2.96. The summed E-state index contributed by atoms with van der Waals surface area (Å²) < 4.78 is 0. The third-order valence-electron chi connectivity index (χ3n) is 4.37. The quantitative estimate of drug-likeness (QED) is 0.758. The Morgan fingerprint density at radius 1 is 1.24 bits per heavy atom. The van der Waals surface area contributed by atoms with Gasteiger partial charge in [0.15, 0.2) is 5.82 Å². The predicted molar refractivity (Wildman–Crippen MR) is 92.6 cm³/mol. The summed E-state index contributed by atoms with van der Waals surface area (Å²) in [5, 5.41) is 10.9. The molecule has 7 nitrogen and oxygen atoms in total. The van der Waals surface area contributed by atoms with Gasteiger partial charge in [-0.2, -0.15) is 5.10 Å². The molecule has 1 atom stereocenters. The number of nitrogens with zero attached hydrogens (tertiary/aromatic N) is 3. The lowest BCUT2D eigenvalue weighted by molar-refractivity contribution is -0.126. The third-order valence-corrected chi connectivity index (χ3v) is 4.37. The van der Waals surface area contributed by atoms with E-state index in [0.29, 0.717) is 18.9 Å². The van der Waals surface area contributed by atoms with Crippen LogP contribution in [0.3, 0.4) is 0 Å². The molecule has 2 aromatic heterocycles. The molecule has 0 aliphatic carbocycles. The smallest absolute Gasteiger partial charge is 0.229 e. The highest BCUT2D eigenvalue weighted by Gasteiger charge is 2.36. The van der Waals surface area contributed by atoms with Gasteiger partial charge in [0.25, 0.3) is 0 Å². The molecule has 2 amide bonds. The van der Waals surface area contributed by atoms with E-state index in [4.69, 9.17) is 0 Å². The number of hydrogen-bond donors (Lipinski definition) is 2. The Bertz CT molecular complexity index is 921. The number of benzene rings is 1. The second-order valence-corrected chi connectivity index (χ2v) is 6.04. The molecule has 3 heterocycles. The van der Waals surface area contributed by atoms with Gasteiger partial charge in [-0.25, -0.2) is 0 Å². The van der Waals surface area contributed by atoms with Gasteiger partial charge in [-0.15, -0.1) is 0 Å². The fraction of sp³-hybridized carbons (Fsp3) is 0.222. The van der Waals surface area contributed by atoms with E-state index in [9.17, 15) is 9.59 Å². The maximum Gasteiger partial charge on any atom is 0.229 e. The molecule has 0 spiro atoms. The topological polar surface area (TPSA) is 91.0 Å². The molecule has 1 saturated heterocycles. The normalized spacial score (nSPS) is 17.2. The summed E-state index contributed by atoms with van der Waals surface area (Å²) in [6.07, 6.45) is 1.88. The van der Waals surface area contributed by atoms with E-state index >= 15 is 0 Å². The number of aromatic amines is 1. The molecule has 0 saturated carbocycles. The summed E-state index contributed by atoms with van der Waals surface area (Å²) in [6, 6.07) is 13.2. The summed E-state index contributed by atoms with van der Waals surface area (Å²) in [6.45, 7) is 0.692. The van der Waals surface area contributed by atoms with Crippen molar-refractivity contribution in [3.05, 3.63) is 54.4 Å². The standard InChI is InChI=1S/C18H17N5O2/c24-16-9-12(18(25)20-10-13-5-3-4-8-19-13)11-23(16)17-14-6-1-2-7-15(14)21-22-17/h1-8,12H,9-11H2,(H,20,25)(H,21,22)/t12-/m0/s1. The van der Waals surface area contributed by atoms with Crippen LogP contribution in [0.4, 0.5) is 5.82 Å². The van der Waals surface area contributed by atoms with Gasteiger partial charge in [-0.3, -0.25) is 24.6 Å². The Hall–Kier alpha value is -3.22. The van der Waals surface area contributed by atoms with E-state index in [1.807, 2.05) is 42.5 Å². The second-order valence-electron chi connectivity index (χ2n) is 6.04. The van der Waals surface area contributed by atoms with Crippen molar-refractivity contribution < 1.29 is 9.59 Å². The molecule has 0 bridgehead atoms. The number of rotatable bonds is 4. The van der Waals surface area contributed by atoms with Crippen LogP contribution in [0.1, 0.15) is 12.1 Å². The zero-order chi connectivity index (χ0) is 17.2. The summed E-state index contributed by atoms with van der Waals surface area (Å²) in [4.78, 5) is 30.5. The van der Waals surface area contributed by atoms with Crippen molar-refractivity contribution in [2.24, 2.45) is 5.92 Å². The lowest BCUT2D eigenvalue weighted by atomic mass is 10.1. The first kappa shape index (κ1) is 15.3. The zero-order valence-electron chi connectivity index (χ0n) is 13.5. The fourth-order valence-electron chi connectivity index (χ4n) is 3.07. The Morgan fingerprint density at radius 3 is 2.92 bits per heavy atom. The first-order valence-corrected chi connectivity index (χ1v) is 8.13. The van der Waals surface area contributed by atoms with Gasteiger partial charge in [-0.05, 0) is 24.3 Å². The molecule has 7 heteroatoms. The number of carbonyl (C=O) groups is 2. The van der Waals surface area contributed by atoms with E-state index in [1.165, 1.54) is 0 Å². The number of fused-ring (bicyclic) bond motifs is 1. The van der Waals surface area contributed by atoms with Crippen molar-refractivity contribution in [3.8, 4) is 0 Å². The minimum atomic E-state index is -0.383. The number of nitrogens with one attached hydrogen (secondary N) is 2. The monoisotopic (exact) mass is 335 g/mol. The van der Waals surface area contributed by atoms with Crippen LogP contribution in [0.5, 0.6) is 0 Å². The molecule has 1 aliphatic heterocycles. The van der Waals surface area contributed by atoms with Crippen LogP contribution in [0.2, 0.25) is 0 Å². The molecule has 3 aromatic rings. The largest absolute Gasteiger partial charge is 0.350 e. The van der Waals surface area contributed by atoms with Crippen LogP contribution in [0.15, 0.2) is 48.7 Å². The molecule has 0 unspecified atom stereocenters. The highest BCUT2D eigenvalue weighted by Crippen LogP contribution is 2.29. The van der Waals surface area contributed by atoms with Gasteiger partial charge < -0.3 is 5.32 Å². The van der Waals surface area contributed by atoms with Crippen molar-refractivity contribution >= 4 is 28.5 Å². The van der Waals surface area contributed by atoms with Crippen molar-refractivity contribution in [2.75, 3.05) is 11.4 Å². The van der Waals surface area contributed by atoms with Gasteiger partial charge >= 0.3 is 0 Å². The molecule has 25 heavy (non-hydrogen) atoms. The van der Waals surface area contributed by atoms with Crippen molar-refractivity contribution in [2.45, 2.75) is 13.0 Å². The first-order valence-electron chi connectivity index (χ1n) is 8.13. The van der Waals surface area contributed by atoms with E-state index in [0.717, 1.165) is 16.6 Å². The van der Waals surface area contributed by atoms with Gasteiger partial charge in [0.1, 0.15) is 0 Å². The molecule has 2 N–H and O–H groups in total. The molecule has 4 rings (SSSR count). The fourth-order valence-corrected chi connectivity index (χ4v) is 3.07. The number of aromatic nitrogens is 3. The Morgan fingerprint density at radius 2 is 2.08 bits per heavy atom. The van der Waals surface area contributed by atoms with Crippen LogP contribution in [0.25, 0.3) is 10.9 Å². The Balaban J connectivity index is 1.46. The maximum atomic E-state index is 12.4. The summed E-state index contributed by atoms with van der Waals surface area (Å²) in [5.41, 5.74) is 1.66. The SMILES string of the molecule is O=C(NCc1ccccn1)[C@H]1CC(=O)N(c2n[nH]c3ccccc23)C1. The van der Waals surface area contributed by atoms with Gasteiger partial charge in [0.05, 0.1) is 23.7 Å². The van der Waals surface area contributed by atoms with Gasteiger partial charge in [0, 0.05) is 24.5 Å². The Kier molecular flexibility index (Phi) is 3.89. The summed E-state index contributed by atoms with van der Waals surface area (Å²) in [5.74, 6) is -0.0242. The minimum Gasteiger partial charge on any atom is -0.350 e. The molecular weight excluding hydrogens is 318 g/mol. The number of amides is 2. The molecule has 1 fully saturated rings. The zero-order valence-corrected chi connectivity index (χ0v) is 13.5. The molecule has 1 aliphatic rings. The number of para-hydroxylation sites is 1. The highest BCUT2D eigenvalue weighted by atomic mass is 16.2. The van der Waals surface area contributed by atoms with E-state index in [2.05, 4.69) is 20.5 Å². The molecule has 0 radical (unpaired) electrons. The lowest BCUT2D eigenvalue weighted by Crippen LogP contribution is -2.33. The summed E-state index contributed by atoms with van der Waals surface area (Å²) >= 11 is 0. The predicted octanol–water partition coefficient (Wildman–Crippen LogP) is 1.63. The number of carbonyl (C=O) groups excluding carboxylic acids is 2. The number of H-pyrrole nitrogens is 1. The van der Waals surface area contributed by atoms with Crippen LogP contribution < -0.4 is 10.2 Å². The van der Waals surface area contributed by atoms with Crippen molar-refractivity contribution in [1.82, 2.24) is 20.5 Å². The highest BCUT2D eigenvalue weighted by molar-refractivity contribution is 6.05. The molecular formula is C18H17N5O2. The molecule has 126 valence electrons. The van der Waals surface area contributed by atoms with Crippen LogP contribution >= 0.6 is 0 Å². The minimum absolute atomic E-state index is 0.0877. The number of anilines is 1. The summed E-state index contributed by atoms with van der Waals surface area (Å²) in [7, 11) is 0. The average molecular weight is 335 g/mol. The van der Waals surface area contributed by atoms with Crippen LogP contribution in [-0.2, 0) is 16.1 Å². The van der Waals surface area contributed by atoms with Crippen LogP contribution in [-0.4, -0.2) is 33.5 Å². The lowest BCUT2D eigenvalue weighted by Gasteiger charge is -2.14. The van der Waals surface area contributed by atoms with E-state index < -0.39 is 0 Å².